The largest absolute Gasteiger partial charge is 0.480 e. The summed E-state index contributed by atoms with van der Waals surface area (Å²) in [5, 5.41) is 48.6. The number of aliphatic imine (C=N–C) groups is 2. The van der Waals surface area contributed by atoms with Crippen molar-refractivity contribution in [3.8, 4) is 0 Å². The minimum atomic E-state index is -1.85. The van der Waals surface area contributed by atoms with E-state index in [0.29, 0.717) is 30.5 Å². The molecular formula is C52H86N18O13. The van der Waals surface area contributed by atoms with Gasteiger partial charge in [0.1, 0.15) is 42.8 Å². The van der Waals surface area contributed by atoms with Crippen LogP contribution in [0.1, 0.15) is 91.8 Å². The molecule has 0 aliphatic rings. The highest BCUT2D eigenvalue weighted by Crippen LogP contribution is 2.15. The molecule has 2 aromatic rings. The van der Waals surface area contributed by atoms with Gasteiger partial charge >= 0.3 is 5.97 Å². The average Bonchev–Trinajstić information content (AvgIpc) is 3.97. The third-order valence-electron chi connectivity index (χ3n) is 13.2. The number of nitrogens with one attached hydrogen (secondary N) is 8. The van der Waals surface area contributed by atoms with Gasteiger partial charge in [-0.25, -0.2) is 4.98 Å². The number of carbonyl (C=O) groups excluding carboxylic acids is 9. The fourth-order valence-corrected chi connectivity index (χ4v) is 8.01. The van der Waals surface area contributed by atoms with E-state index < -0.39 is 145 Å². The number of hydrogen-bond donors (Lipinski definition) is 16. The first kappa shape index (κ1) is 70.7. The molecule has 2 rings (SSSR count). The minimum absolute atomic E-state index is 0.0252. The molecule has 0 aliphatic carbocycles. The van der Waals surface area contributed by atoms with Gasteiger partial charge in [0.2, 0.25) is 53.2 Å². The van der Waals surface area contributed by atoms with Crippen LogP contribution < -0.4 is 65.9 Å². The highest BCUT2D eigenvalue weighted by molar-refractivity contribution is 5.98. The minimum Gasteiger partial charge on any atom is -0.480 e. The first-order chi connectivity index (χ1) is 39.1. The summed E-state index contributed by atoms with van der Waals surface area (Å²) in [4.78, 5) is 152. The molecule has 83 heavy (non-hydrogen) atoms. The van der Waals surface area contributed by atoms with E-state index in [1.54, 1.807) is 58.0 Å². The summed E-state index contributed by atoms with van der Waals surface area (Å²) in [5.41, 5.74) is 28.6. The molecule has 9 amide bonds. The normalized spacial score (nSPS) is 15.0. The monoisotopic (exact) mass is 1170 g/mol. The number of aromatic nitrogens is 2. The number of carboxylic acids is 1. The number of carbonyl (C=O) groups is 10. The topological polar surface area (TPSA) is 506 Å². The summed E-state index contributed by atoms with van der Waals surface area (Å²) in [6, 6.07) is -1.94. The van der Waals surface area contributed by atoms with E-state index in [0.717, 1.165) is 23.6 Å². The molecule has 1 aromatic carbocycles. The maximum absolute atomic E-state index is 14.2. The second kappa shape index (κ2) is 36.1. The quantitative estimate of drug-likeness (QED) is 0.0171. The van der Waals surface area contributed by atoms with E-state index in [9.17, 15) is 63.3 Å². The Morgan fingerprint density at radius 2 is 1.23 bits per heavy atom. The molecule has 0 bridgehead atoms. The molecule has 1 aromatic heterocycles. The molecule has 1 heterocycles. The zero-order valence-electron chi connectivity index (χ0n) is 48.1. The standard InChI is InChI=1S/C52H86N18O13/c1-8-28(3)41(50(83)70(26-40(75)76)29(4)9-2)66-38(73)25-69(20-14-19-60-52(56)57)39(74)24-61-48(81)42(31(6)71)68-49(82)43(32(7)72)67-47(80)37(22-34-23-58-27-62-34)65-46(79)36(21-33-15-11-10-12-16-33)64-44(77)30(5)63-45(78)35(53)17-13-18-59-51(54)55/h10-12,15-16,23,27-32,35-37,41-43,71-72H,8-9,13-14,17-22,24-26,53H2,1-7H3,(H,58,62)(H,61,81)(H,63,78)(H,64,77)(H,65,79)(H,66,73)(H,67,80)(H,68,82)(H,75,76)(H4,54,55,59)(H4,56,57,60)/t28?,29?,30-,31+,32+,35-,36+,37-,41-,42-,43-/m0/s1. The summed E-state index contributed by atoms with van der Waals surface area (Å²) in [6.45, 7) is 8.63. The van der Waals surface area contributed by atoms with E-state index in [4.69, 9.17) is 28.7 Å². The van der Waals surface area contributed by atoms with E-state index >= 15 is 0 Å². The summed E-state index contributed by atoms with van der Waals surface area (Å²) >= 11 is 0. The number of aliphatic carboxylic acids is 1. The molecule has 0 saturated heterocycles. The number of aliphatic hydroxyl groups is 2. The second-order valence-corrected chi connectivity index (χ2v) is 20.1. The van der Waals surface area contributed by atoms with Crippen molar-refractivity contribution in [1.29, 1.82) is 0 Å². The third-order valence-corrected chi connectivity index (χ3v) is 13.2. The Hall–Kier alpha value is -8.45. The van der Waals surface area contributed by atoms with Gasteiger partial charge in [-0.2, -0.15) is 0 Å². The van der Waals surface area contributed by atoms with E-state index in [1.165, 1.54) is 19.4 Å². The molecule has 21 N–H and O–H groups in total. The SMILES string of the molecule is CCC(C)[C@H](NC(=O)CN(CCCN=C(N)N)C(=O)CNC(=O)[C@@H](NC(=O)[C@@H](NC(=O)[C@H](Cc1cnc[nH]1)NC(=O)[C@@H](Cc1ccccc1)NC(=O)[C@H](C)NC(=O)[C@@H](N)CCCN=C(N)N)[C@@H](C)O)[C@@H](C)O)C(=O)N(CC(=O)O)C(C)CC. The highest BCUT2D eigenvalue weighted by Gasteiger charge is 2.37. The van der Waals surface area contributed by atoms with Crippen LogP contribution >= 0.6 is 0 Å². The number of imidazole rings is 1. The summed E-state index contributed by atoms with van der Waals surface area (Å²) in [7, 11) is 0. The molecule has 31 nitrogen and oxygen atoms in total. The van der Waals surface area contributed by atoms with E-state index in [2.05, 4.69) is 57.2 Å². The van der Waals surface area contributed by atoms with Gasteiger partial charge in [0.05, 0.1) is 37.7 Å². The molecule has 11 atom stereocenters. The van der Waals surface area contributed by atoms with Crippen molar-refractivity contribution in [2.24, 2.45) is 44.6 Å². The first-order valence-electron chi connectivity index (χ1n) is 27.2. The lowest BCUT2D eigenvalue weighted by atomic mass is 9.96. The lowest BCUT2D eigenvalue weighted by molar-refractivity contribution is -0.148. The molecule has 0 fully saturated rings. The Bertz CT molecular complexity index is 2510. The highest BCUT2D eigenvalue weighted by atomic mass is 16.4. The van der Waals surface area contributed by atoms with Crippen LogP contribution in [0.3, 0.4) is 0 Å². The predicted molar refractivity (Wildman–Crippen MR) is 304 cm³/mol. The summed E-state index contributed by atoms with van der Waals surface area (Å²) in [6.07, 6.45) is 0.471. The van der Waals surface area contributed by atoms with Crippen LogP contribution in [-0.2, 0) is 60.8 Å². The number of nitrogens with two attached hydrogens (primary N) is 5. The average molecular weight is 1170 g/mol. The van der Waals surface area contributed by atoms with Gasteiger partial charge in [0.25, 0.3) is 0 Å². The molecule has 0 spiro atoms. The number of guanidine groups is 2. The van der Waals surface area contributed by atoms with E-state index in [1.807, 2.05) is 0 Å². The molecule has 462 valence electrons. The number of carboxylic acid groups (broad SMARTS) is 1. The fourth-order valence-electron chi connectivity index (χ4n) is 8.01. The Morgan fingerprint density at radius 3 is 1.78 bits per heavy atom. The van der Waals surface area contributed by atoms with Crippen LogP contribution in [0.4, 0.5) is 0 Å². The lowest BCUT2D eigenvalue weighted by Crippen LogP contribution is -2.62. The van der Waals surface area contributed by atoms with Crippen LogP contribution in [0.15, 0.2) is 52.8 Å². The van der Waals surface area contributed by atoms with Gasteiger partial charge < -0.3 is 96.0 Å². The zero-order valence-corrected chi connectivity index (χ0v) is 48.1. The number of nitrogens with zero attached hydrogens (tertiary/aromatic N) is 5. The van der Waals surface area contributed by atoms with Gasteiger partial charge in [-0.05, 0) is 64.9 Å². The smallest absolute Gasteiger partial charge is 0.323 e. The van der Waals surface area contributed by atoms with Crippen LogP contribution in [0, 0.1) is 5.92 Å². The summed E-state index contributed by atoms with van der Waals surface area (Å²) < 4.78 is 0. The van der Waals surface area contributed by atoms with Crippen LogP contribution in [0.5, 0.6) is 0 Å². The number of aliphatic hydroxyl groups excluding tert-OH is 2. The molecule has 31 heteroatoms. The van der Waals surface area contributed by atoms with Gasteiger partial charge in [-0.1, -0.05) is 57.5 Å². The van der Waals surface area contributed by atoms with Gasteiger partial charge in [0.15, 0.2) is 11.9 Å². The van der Waals surface area contributed by atoms with Crippen molar-refractivity contribution < 1.29 is 63.3 Å². The van der Waals surface area contributed by atoms with Crippen LogP contribution in [-0.4, -0.2) is 206 Å². The maximum Gasteiger partial charge on any atom is 0.323 e. The van der Waals surface area contributed by atoms with Crippen LogP contribution in [0.2, 0.25) is 0 Å². The summed E-state index contributed by atoms with van der Waals surface area (Å²) in [5.74, 6) is -10.0. The maximum atomic E-state index is 14.2. The van der Waals surface area contributed by atoms with Crippen molar-refractivity contribution in [1.82, 2.24) is 57.0 Å². The lowest BCUT2D eigenvalue weighted by Gasteiger charge is -2.33. The van der Waals surface area contributed by atoms with Crippen molar-refractivity contribution in [2.75, 3.05) is 39.3 Å². The molecule has 0 aliphatic heterocycles. The number of H-pyrrole nitrogens is 1. The Kier molecular flexibility index (Phi) is 30.7. The Labute approximate surface area is 481 Å². The zero-order chi connectivity index (χ0) is 62.5. The molecule has 0 saturated carbocycles. The van der Waals surface area contributed by atoms with Gasteiger partial charge in [-0.15, -0.1) is 0 Å². The third kappa shape index (κ3) is 25.5. The molecule has 2 unspecified atom stereocenters. The first-order valence-corrected chi connectivity index (χ1v) is 27.2. The Morgan fingerprint density at radius 1 is 0.663 bits per heavy atom. The van der Waals surface area contributed by atoms with E-state index in [-0.39, 0.29) is 57.2 Å². The predicted octanol–water partition coefficient (Wildman–Crippen LogP) is -5.37. The van der Waals surface area contributed by atoms with Crippen molar-refractivity contribution >= 4 is 71.1 Å². The Balaban J connectivity index is 2.34. The molecular weight excluding hydrogens is 1080 g/mol. The van der Waals surface area contributed by atoms with Gasteiger partial charge in [-0.3, -0.25) is 57.9 Å². The number of rotatable bonds is 37. The number of amides is 9. The second-order valence-electron chi connectivity index (χ2n) is 20.1. The van der Waals surface area contributed by atoms with Gasteiger partial charge in [0, 0.05) is 50.4 Å². The van der Waals surface area contributed by atoms with Crippen molar-refractivity contribution in [2.45, 2.75) is 154 Å². The molecule has 0 radical (unpaired) electrons. The van der Waals surface area contributed by atoms with Crippen LogP contribution in [0.25, 0.3) is 0 Å². The van der Waals surface area contributed by atoms with Crippen molar-refractivity contribution in [3.63, 3.8) is 0 Å². The van der Waals surface area contributed by atoms with Crippen molar-refractivity contribution in [3.05, 3.63) is 54.1 Å². The number of hydrogen-bond acceptors (Lipinski definition) is 16. The fraction of sp³-hybridized carbons (Fsp3) is 0.596. The number of benzene rings is 1. The number of aromatic amines is 1.